The van der Waals surface area contributed by atoms with Gasteiger partial charge in [-0.25, -0.2) is 18.1 Å². The van der Waals surface area contributed by atoms with Crippen molar-refractivity contribution in [2.24, 2.45) is 0 Å². The second kappa shape index (κ2) is 10.2. The Hall–Kier alpha value is -3.92. The topological polar surface area (TPSA) is 114 Å². The van der Waals surface area contributed by atoms with Crippen LogP contribution in [0.3, 0.4) is 0 Å². The van der Waals surface area contributed by atoms with Crippen LogP contribution in [0.1, 0.15) is 16.7 Å². The smallest absolute Gasteiger partial charge is 0.242 e. The molecule has 2 heterocycles. The van der Waals surface area contributed by atoms with Gasteiger partial charge in [0.25, 0.3) is 0 Å². The second-order valence-electron chi connectivity index (χ2n) is 8.60. The Morgan fingerprint density at radius 1 is 0.946 bits per heavy atom. The molecule has 0 aliphatic rings. The molecule has 0 bridgehead atoms. The van der Waals surface area contributed by atoms with E-state index < -0.39 is 10.0 Å². The molecule has 0 fully saturated rings. The van der Waals surface area contributed by atoms with Gasteiger partial charge in [0.1, 0.15) is 10.7 Å². The van der Waals surface area contributed by atoms with Crippen molar-refractivity contribution in [3.63, 3.8) is 0 Å². The lowest BCUT2D eigenvalue weighted by Crippen LogP contribution is -2.23. The van der Waals surface area contributed by atoms with E-state index in [1.165, 1.54) is 6.07 Å². The summed E-state index contributed by atoms with van der Waals surface area (Å²) in [6.07, 6.45) is 1.78. The number of nitrogens with one attached hydrogen (secondary N) is 2. The third kappa shape index (κ3) is 5.29. The molecule has 0 spiro atoms. The van der Waals surface area contributed by atoms with E-state index in [4.69, 9.17) is 22.3 Å². The molecule has 8 nitrogen and oxygen atoms in total. The molecule has 2 aromatic heterocycles. The Morgan fingerprint density at radius 2 is 1.62 bits per heavy atom. The highest BCUT2D eigenvalue weighted by Crippen LogP contribution is 2.28. The Kier molecular flexibility index (Phi) is 6.84. The van der Waals surface area contributed by atoms with Crippen molar-refractivity contribution in [3.8, 4) is 11.3 Å². The number of benzene rings is 3. The van der Waals surface area contributed by atoms with Gasteiger partial charge >= 0.3 is 0 Å². The monoisotopic (exact) mass is 532 g/mol. The molecule has 0 saturated carbocycles. The molecule has 4 N–H and O–H groups in total. The molecule has 0 saturated heterocycles. The van der Waals surface area contributed by atoms with Gasteiger partial charge in [0.2, 0.25) is 10.0 Å². The summed E-state index contributed by atoms with van der Waals surface area (Å²) in [5.74, 6) is 0.785. The molecule has 5 rings (SSSR count). The number of hydrogen-bond acceptors (Lipinski definition) is 6. The van der Waals surface area contributed by atoms with Crippen LogP contribution >= 0.6 is 11.6 Å². The number of aromatic nitrogens is 3. The number of fused-ring (bicyclic) bond motifs is 1. The summed E-state index contributed by atoms with van der Waals surface area (Å²) in [5, 5.41) is 8.10. The van der Waals surface area contributed by atoms with Gasteiger partial charge in [0, 0.05) is 36.0 Å². The molecule has 0 aliphatic carbocycles. The van der Waals surface area contributed by atoms with E-state index in [-0.39, 0.29) is 16.5 Å². The summed E-state index contributed by atoms with van der Waals surface area (Å²) in [6, 6.07) is 23.6. The minimum Gasteiger partial charge on any atom is -0.398 e. The summed E-state index contributed by atoms with van der Waals surface area (Å²) in [4.78, 5) is 4.84. The molecule has 10 heteroatoms. The van der Waals surface area contributed by atoms with E-state index in [2.05, 4.69) is 15.1 Å². The number of nitrogen functional groups attached to an aromatic ring is 1. The van der Waals surface area contributed by atoms with Gasteiger partial charge in [-0.1, -0.05) is 66.2 Å². The summed E-state index contributed by atoms with van der Waals surface area (Å²) in [5.41, 5.74) is 12.0. The number of nitrogens with two attached hydrogens (primary N) is 1. The maximum Gasteiger partial charge on any atom is 0.242 e. The highest BCUT2D eigenvalue weighted by atomic mass is 35.5. The minimum absolute atomic E-state index is 0.0617. The van der Waals surface area contributed by atoms with E-state index in [1.54, 1.807) is 28.9 Å². The molecule has 0 unspecified atom stereocenters. The Balaban J connectivity index is 1.31. The fourth-order valence-corrected chi connectivity index (χ4v) is 5.49. The first-order chi connectivity index (χ1) is 17.8. The SMILES string of the molecule is Cc1cnn2c(NCc3ccc(CNS(=O)(=O)c4ccccc4Cl)cc3)cc(-c3ccccc3N)nc12. The van der Waals surface area contributed by atoms with Crippen LogP contribution in [-0.4, -0.2) is 23.0 Å². The van der Waals surface area contributed by atoms with Crippen molar-refractivity contribution in [1.29, 1.82) is 0 Å². The normalized spacial score (nSPS) is 11.6. The number of nitrogens with zero attached hydrogens (tertiary/aromatic N) is 3. The van der Waals surface area contributed by atoms with Gasteiger partial charge in [-0.3, -0.25) is 0 Å². The Morgan fingerprint density at radius 3 is 2.35 bits per heavy atom. The van der Waals surface area contributed by atoms with Crippen molar-refractivity contribution in [2.45, 2.75) is 24.9 Å². The summed E-state index contributed by atoms with van der Waals surface area (Å²) in [6.45, 7) is 2.66. The largest absolute Gasteiger partial charge is 0.398 e. The first kappa shape index (κ1) is 24.8. The van der Waals surface area contributed by atoms with Gasteiger partial charge in [-0.2, -0.15) is 9.61 Å². The predicted octanol–water partition coefficient (Wildman–Crippen LogP) is 5.03. The zero-order valence-corrected chi connectivity index (χ0v) is 21.6. The summed E-state index contributed by atoms with van der Waals surface area (Å²) < 4.78 is 29.5. The molecule has 0 radical (unpaired) electrons. The van der Waals surface area contributed by atoms with E-state index in [9.17, 15) is 8.42 Å². The van der Waals surface area contributed by atoms with Crippen molar-refractivity contribution in [2.75, 3.05) is 11.1 Å². The maximum absolute atomic E-state index is 12.6. The van der Waals surface area contributed by atoms with E-state index in [0.717, 1.165) is 39.4 Å². The van der Waals surface area contributed by atoms with Crippen LogP contribution in [0.15, 0.2) is 90.0 Å². The summed E-state index contributed by atoms with van der Waals surface area (Å²) in [7, 11) is -3.71. The minimum atomic E-state index is -3.71. The van der Waals surface area contributed by atoms with Crippen LogP contribution in [0.25, 0.3) is 16.9 Å². The van der Waals surface area contributed by atoms with Gasteiger partial charge in [0.05, 0.1) is 16.9 Å². The molecule has 3 aromatic carbocycles. The number of sulfonamides is 1. The molecule has 0 aliphatic heterocycles. The van der Waals surface area contributed by atoms with Gasteiger partial charge < -0.3 is 11.1 Å². The van der Waals surface area contributed by atoms with Crippen molar-refractivity contribution < 1.29 is 8.42 Å². The molecule has 37 heavy (non-hydrogen) atoms. The predicted molar refractivity (Wildman–Crippen MR) is 147 cm³/mol. The second-order valence-corrected chi connectivity index (χ2v) is 10.7. The molecular weight excluding hydrogens is 508 g/mol. The first-order valence-electron chi connectivity index (χ1n) is 11.6. The van der Waals surface area contributed by atoms with E-state index in [1.807, 2.05) is 61.5 Å². The van der Waals surface area contributed by atoms with Gasteiger partial charge in [-0.05, 0) is 36.2 Å². The maximum atomic E-state index is 12.6. The van der Waals surface area contributed by atoms with Gasteiger partial charge in [0.15, 0.2) is 5.65 Å². The Bertz CT molecular complexity index is 1680. The fraction of sp³-hybridized carbons (Fsp3) is 0.111. The van der Waals surface area contributed by atoms with Crippen LogP contribution in [0.2, 0.25) is 5.02 Å². The molecule has 0 amide bonds. The molecule has 0 atom stereocenters. The van der Waals surface area contributed by atoms with Crippen LogP contribution in [0.5, 0.6) is 0 Å². The highest BCUT2D eigenvalue weighted by molar-refractivity contribution is 7.89. The third-order valence-electron chi connectivity index (χ3n) is 5.97. The van der Waals surface area contributed by atoms with Crippen molar-refractivity contribution in [3.05, 3.63) is 107 Å². The van der Waals surface area contributed by atoms with Crippen LogP contribution in [0, 0.1) is 6.92 Å². The number of hydrogen-bond donors (Lipinski definition) is 3. The number of rotatable bonds is 8. The lowest BCUT2D eigenvalue weighted by molar-refractivity contribution is 0.581. The number of aryl methyl sites for hydroxylation is 1. The average Bonchev–Trinajstić information content (AvgIpc) is 3.28. The fourth-order valence-electron chi connectivity index (χ4n) is 3.95. The third-order valence-corrected chi connectivity index (χ3v) is 7.88. The molecular formula is C27H25ClN6O2S. The lowest BCUT2D eigenvalue weighted by Gasteiger charge is -2.13. The first-order valence-corrected chi connectivity index (χ1v) is 13.4. The summed E-state index contributed by atoms with van der Waals surface area (Å²) >= 11 is 6.04. The molecule has 5 aromatic rings. The van der Waals surface area contributed by atoms with Gasteiger partial charge in [-0.15, -0.1) is 0 Å². The number of anilines is 2. The number of halogens is 1. The zero-order valence-electron chi connectivity index (χ0n) is 20.0. The quantitative estimate of drug-likeness (QED) is 0.241. The standard InChI is InChI=1S/C27H25ClN6O2S/c1-18-15-31-34-26(14-24(33-27(18)34)21-6-2-4-8-23(21)29)30-16-19-10-12-20(13-11-19)17-32-37(35,36)25-9-5-3-7-22(25)28/h2-15,30,32H,16-17,29H2,1H3. The average molecular weight is 533 g/mol. The van der Waals surface area contributed by atoms with Crippen LogP contribution < -0.4 is 15.8 Å². The number of para-hydroxylation sites is 1. The highest BCUT2D eigenvalue weighted by Gasteiger charge is 2.17. The lowest BCUT2D eigenvalue weighted by atomic mass is 10.1. The molecule has 188 valence electrons. The van der Waals surface area contributed by atoms with Crippen molar-refractivity contribution in [1.82, 2.24) is 19.3 Å². The van der Waals surface area contributed by atoms with Crippen LogP contribution in [0.4, 0.5) is 11.5 Å². The van der Waals surface area contributed by atoms with E-state index >= 15 is 0 Å². The Labute approximate surface area is 220 Å². The van der Waals surface area contributed by atoms with E-state index in [0.29, 0.717) is 12.2 Å². The van der Waals surface area contributed by atoms with Crippen LogP contribution in [-0.2, 0) is 23.1 Å². The van der Waals surface area contributed by atoms with Crippen molar-refractivity contribution >= 4 is 38.8 Å². The zero-order chi connectivity index (χ0) is 26.0.